The molecule has 0 fully saturated rings. The Hall–Kier alpha value is -2.10. The lowest BCUT2D eigenvalue weighted by Gasteiger charge is -1.92. The lowest BCUT2D eigenvalue weighted by atomic mass is 10.2. The minimum Gasteiger partial charge on any atom is -0.463 e. The first kappa shape index (κ1) is 9.15. The van der Waals surface area contributed by atoms with Gasteiger partial charge in [0.15, 0.2) is 0 Å². The highest BCUT2D eigenvalue weighted by molar-refractivity contribution is 5.85. The highest BCUT2D eigenvalue weighted by atomic mass is 19.1. The van der Waals surface area contributed by atoms with Gasteiger partial charge in [-0.3, -0.25) is 0 Å². The molecule has 0 aliphatic heterocycles. The molecule has 0 amide bonds. The van der Waals surface area contributed by atoms with Gasteiger partial charge in [0.1, 0.15) is 17.4 Å². The lowest BCUT2D eigenvalue weighted by Crippen LogP contribution is -1.80. The maximum absolute atomic E-state index is 13.4. The Balaban J connectivity index is 2.27. The van der Waals surface area contributed by atoms with Crippen molar-refractivity contribution in [2.75, 3.05) is 0 Å². The number of hydrogen-bond acceptors (Lipinski definition) is 1. The van der Waals surface area contributed by atoms with Crippen LogP contribution in [0.15, 0.2) is 41.0 Å². The number of fused-ring (bicyclic) bond motifs is 1. The van der Waals surface area contributed by atoms with E-state index in [-0.39, 0.29) is 5.52 Å². The molecule has 0 saturated carbocycles. The van der Waals surface area contributed by atoms with Crippen molar-refractivity contribution in [2.24, 2.45) is 0 Å². The fraction of sp³-hybridized carbons (Fsp3) is 0. The second-order valence-electron chi connectivity index (χ2n) is 3.51. The van der Waals surface area contributed by atoms with Gasteiger partial charge in [-0.15, -0.1) is 0 Å². The summed E-state index contributed by atoms with van der Waals surface area (Å²) in [6.45, 7) is 0. The fourth-order valence-corrected chi connectivity index (χ4v) is 1.73. The van der Waals surface area contributed by atoms with Crippen LogP contribution in [-0.2, 0) is 0 Å². The third-order valence-electron chi connectivity index (χ3n) is 2.43. The van der Waals surface area contributed by atoms with Gasteiger partial charge in [-0.25, -0.2) is 8.78 Å². The van der Waals surface area contributed by atoms with Crippen LogP contribution in [0.3, 0.4) is 0 Å². The molecule has 0 aliphatic rings. The van der Waals surface area contributed by atoms with Crippen molar-refractivity contribution in [1.29, 1.82) is 0 Å². The van der Waals surface area contributed by atoms with Crippen molar-refractivity contribution in [2.45, 2.75) is 0 Å². The topological polar surface area (TPSA) is 28.9 Å². The zero-order chi connectivity index (χ0) is 11.1. The molecule has 0 unspecified atom stereocenters. The van der Waals surface area contributed by atoms with E-state index in [0.29, 0.717) is 16.8 Å². The summed E-state index contributed by atoms with van der Waals surface area (Å²) in [5.41, 5.74) is 0.914. The SMILES string of the molecule is Fc1cc(F)c2[nH]c(-c3ccco3)cc2c1. The van der Waals surface area contributed by atoms with E-state index in [9.17, 15) is 8.78 Å². The van der Waals surface area contributed by atoms with Gasteiger partial charge in [-0.2, -0.15) is 0 Å². The number of aromatic nitrogens is 1. The first-order valence-corrected chi connectivity index (χ1v) is 4.76. The third-order valence-corrected chi connectivity index (χ3v) is 2.43. The molecule has 4 heteroatoms. The Labute approximate surface area is 89.5 Å². The van der Waals surface area contributed by atoms with Crippen LogP contribution in [0.25, 0.3) is 22.4 Å². The molecule has 0 saturated heterocycles. The zero-order valence-corrected chi connectivity index (χ0v) is 8.13. The lowest BCUT2D eigenvalue weighted by molar-refractivity contribution is 0.580. The first-order chi connectivity index (χ1) is 7.74. The molecule has 80 valence electrons. The van der Waals surface area contributed by atoms with Crippen molar-refractivity contribution in [3.05, 3.63) is 48.2 Å². The summed E-state index contributed by atoms with van der Waals surface area (Å²) in [5, 5.41) is 0.490. The predicted molar refractivity (Wildman–Crippen MR) is 55.9 cm³/mol. The molecule has 1 aromatic carbocycles. The Morgan fingerprint density at radius 1 is 1.12 bits per heavy atom. The summed E-state index contributed by atoms with van der Waals surface area (Å²) >= 11 is 0. The Morgan fingerprint density at radius 3 is 2.75 bits per heavy atom. The molecule has 1 N–H and O–H groups in total. The first-order valence-electron chi connectivity index (χ1n) is 4.76. The van der Waals surface area contributed by atoms with E-state index in [2.05, 4.69) is 4.98 Å². The fourth-order valence-electron chi connectivity index (χ4n) is 1.73. The quantitative estimate of drug-likeness (QED) is 0.664. The van der Waals surface area contributed by atoms with Gasteiger partial charge in [0, 0.05) is 11.5 Å². The van der Waals surface area contributed by atoms with E-state index < -0.39 is 11.6 Å². The minimum absolute atomic E-state index is 0.285. The smallest absolute Gasteiger partial charge is 0.150 e. The summed E-state index contributed by atoms with van der Waals surface area (Å²) < 4.78 is 31.5. The van der Waals surface area contributed by atoms with Crippen LogP contribution in [0.4, 0.5) is 8.78 Å². The van der Waals surface area contributed by atoms with Gasteiger partial charge >= 0.3 is 0 Å². The molecule has 0 spiro atoms. The predicted octanol–water partition coefficient (Wildman–Crippen LogP) is 3.71. The average molecular weight is 219 g/mol. The molecule has 0 radical (unpaired) electrons. The summed E-state index contributed by atoms with van der Waals surface area (Å²) in [6, 6.07) is 7.27. The molecule has 16 heavy (non-hydrogen) atoms. The molecule has 3 aromatic rings. The van der Waals surface area contributed by atoms with E-state index >= 15 is 0 Å². The van der Waals surface area contributed by atoms with Crippen molar-refractivity contribution >= 4 is 10.9 Å². The third kappa shape index (κ3) is 1.31. The molecule has 2 heterocycles. The number of hydrogen-bond donors (Lipinski definition) is 1. The molecule has 0 bridgehead atoms. The summed E-state index contributed by atoms with van der Waals surface area (Å²) in [5.74, 6) is -0.598. The van der Waals surface area contributed by atoms with Gasteiger partial charge in [0.05, 0.1) is 17.5 Å². The summed E-state index contributed by atoms with van der Waals surface area (Å²) in [4.78, 5) is 2.86. The second-order valence-corrected chi connectivity index (χ2v) is 3.51. The van der Waals surface area contributed by atoms with Crippen LogP contribution in [-0.4, -0.2) is 4.98 Å². The molecular weight excluding hydrogens is 212 g/mol. The van der Waals surface area contributed by atoms with E-state index in [1.54, 1.807) is 18.2 Å². The normalized spacial score (nSPS) is 11.1. The van der Waals surface area contributed by atoms with E-state index in [1.165, 1.54) is 12.3 Å². The number of furan rings is 1. The van der Waals surface area contributed by atoms with Crippen LogP contribution in [0, 0.1) is 11.6 Å². The number of nitrogens with one attached hydrogen (secondary N) is 1. The van der Waals surface area contributed by atoms with Gasteiger partial charge < -0.3 is 9.40 Å². The maximum atomic E-state index is 13.4. The van der Waals surface area contributed by atoms with Crippen LogP contribution in [0.1, 0.15) is 0 Å². The highest BCUT2D eigenvalue weighted by Gasteiger charge is 2.10. The number of rotatable bonds is 1. The van der Waals surface area contributed by atoms with Gasteiger partial charge in [0.25, 0.3) is 0 Å². The van der Waals surface area contributed by atoms with Crippen LogP contribution < -0.4 is 0 Å². The number of benzene rings is 1. The average Bonchev–Trinajstić information content (AvgIpc) is 2.82. The van der Waals surface area contributed by atoms with E-state index in [1.807, 2.05) is 0 Å². The molecule has 0 atom stereocenters. The van der Waals surface area contributed by atoms with Crippen LogP contribution in [0.5, 0.6) is 0 Å². The highest BCUT2D eigenvalue weighted by Crippen LogP contribution is 2.26. The van der Waals surface area contributed by atoms with Crippen molar-refractivity contribution < 1.29 is 13.2 Å². The molecule has 0 aliphatic carbocycles. The number of H-pyrrole nitrogens is 1. The maximum Gasteiger partial charge on any atom is 0.150 e. The Kier molecular flexibility index (Phi) is 1.83. The van der Waals surface area contributed by atoms with Crippen LogP contribution in [0.2, 0.25) is 0 Å². The number of halogens is 2. The van der Waals surface area contributed by atoms with Crippen molar-refractivity contribution in [1.82, 2.24) is 4.98 Å². The largest absolute Gasteiger partial charge is 0.463 e. The van der Waals surface area contributed by atoms with Crippen LogP contribution >= 0.6 is 0 Å². The Morgan fingerprint density at radius 2 is 2.00 bits per heavy atom. The van der Waals surface area contributed by atoms with Crippen molar-refractivity contribution in [3.8, 4) is 11.5 Å². The van der Waals surface area contributed by atoms with Crippen molar-refractivity contribution in [3.63, 3.8) is 0 Å². The van der Waals surface area contributed by atoms with Gasteiger partial charge in [-0.1, -0.05) is 0 Å². The van der Waals surface area contributed by atoms with E-state index in [0.717, 1.165) is 6.07 Å². The zero-order valence-electron chi connectivity index (χ0n) is 8.13. The van der Waals surface area contributed by atoms with Gasteiger partial charge in [-0.05, 0) is 24.3 Å². The molecule has 2 nitrogen and oxygen atoms in total. The summed E-state index contributed by atoms with van der Waals surface area (Å²) in [6.07, 6.45) is 1.53. The van der Waals surface area contributed by atoms with E-state index in [4.69, 9.17) is 4.42 Å². The molecular formula is C12H7F2NO. The molecule has 3 rings (SSSR count). The number of aromatic amines is 1. The Bertz CT molecular complexity index is 640. The summed E-state index contributed by atoms with van der Waals surface area (Å²) in [7, 11) is 0. The van der Waals surface area contributed by atoms with Gasteiger partial charge in [0.2, 0.25) is 0 Å². The monoisotopic (exact) mass is 219 g/mol. The molecule has 2 aromatic heterocycles. The standard InChI is InChI=1S/C12H7F2NO/c13-8-4-7-5-10(11-2-1-3-16-11)15-12(7)9(14)6-8/h1-6,15H. The second kappa shape index (κ2) is 3.20. The minimum atomic E-state index is -0.604.